The number of alkyl halides is 3. The van der Waals surface area contributed by atoms with Crippen molar-refractivity contribution in [3.05, 3.63) is 59.9 Å². The second kappa shape index (κ2) is 8.46. The highest BCUT2D eigenvalue weighted by Crippen LogP contribution is 2.36. The zero-order chi connectivity index (χ0) is 22.7. The molecule has 0 atom stereocenters. The van der Waals surface area contributed by atoms with Gasteiger partial charge in [0.25, 0.3) is 5.89 Å². The summed E-state index contributed by atoms with van der Waals surface area (Å²) in [6, 6.07) is 6.72. The molecule has 0 saturated heterocycles. The van der Waals surface area contributed by atoms with Crippen molar-refractivity contribution in [2.45, 2.75) is 13.1 Å². The average molecular weight is 439 g/mol. The number of pyridine rings is 1. The smallest absolute Gasteiger partial charge is 0.403 e. The van der Waals surface area contributed by atoms with Crippen molar-refractivity contribution in [2.75, 3.05) is 5.32 Å². The number of para-hydroxylation sites is 1. The minimum absolute atomic E-state index is 0.116. The van der Waals surface area contributed by atoms with Crippen LogP contribution >= 0.6 is 0 Å². The van der Waals surface area contributed by atoms with Gasteiger partial charge in [0.2, 0.25) is 0 Å². The molecule has 0 aliphatic rings. The van der Waals surface area contributed by atoms with Gasteiger partial charge in [-0.15, -0.1) is 5.10 Å². The van der Waals surface area contributed by atoms with Crippen LogP contribution in [0.3, 0.4) is 0 Å². The maximum Gasteiger partial charge on any atom is 0.418 e. The maximum absolute atomic E-state index is 13.2. The van der Waals surface area contributed by atoms with E-state index in [2.05, 4.69) is 42.4 Å². The minimum atomic E-state index is -4.53. The lowest BCUT2D eigenvalue weighted by molar-refractivity contribution is -0.136. The Kier molecular flexibility index (Phi) is 5.54. The van der Waals surface area contributed by atoms with Crippen molar-refractivity contribution < 1.29 is 17.6 Å². The Labute approximate surface area is 179 Å². The molecular weight excluding hydrogens is 423 g/mol. The van der Waals surface area contributed by atoms with Gasteiger partial charge in [0.1, 0.15) is 5.65 Å². The molecule has 0 unspecified atom stereocenters. The molecule has 3 aromatic heterocycles. The van der Waals surface area contributed by atoms with Crippen molar-refractivity contribution >= 4 is 41.2 Å². The van der Waals surface area contributed by atoms with E-state index in [0.717, 1.165) is 17.2 Å². The number of nitrogens with zero attached hydrogens (tertiary/aromatic N) is 5. The van der Waals surface area contributed by atoms with Crippen molar-refractivity contribution in [2.24, 2.45) is 10.2 Å². The van der Waals surface area contributed by atoms with Crippen LogP contribution in [0.2, 0.25) is 0 Å². The summed E-state index contributed by atoms with van der Waals surface area (Å²) < 4.78 is 45.3. The summed E-state index contributed by atoms with van der Waals surface area (Å²) in [5.41, 5.74) is 1.64. The lowest BCUT2D eigenvalue weighted by atomic mass is 10.1. The van der Waals surface area contributed by atoms with E-state index in [9.17, 15) is 13.2 Å². The number of fused-ring (bicyclic) bond motifs is 1. The van der Waals surface area contributed by atoms with Gasteiger partial charge in [-0.25, -0.2) is 4.98 Å². The molecule has 0 saturated carbocycles. The number of anilines is 2. The first kappa shape index (κ1) is 21.0. The highest BCUT2D eigenvalue weighted by atomic mass is 19.4. The van der Waals surface area contributed by atoms with Gasteiger partial charge in [0.15, 0.2) is 0 Å². The second-order valence-electron chi connectivity index (χ2n) is 6.53. The number of aromatic nitrogens is 4. The van der Waals surface area contributed by atoms with E-state index in [-0.39, 0.29) is 17.6 Å². The molecule has 8 nitrogen and oxygen atoms in total. The van der Waals surface area contributed by atoms with Crippen molar-refractivity contribution in [1.29, 1.82) is 0 Å². The van der Waals surface area contributed by atoms with Crippen molar-refractivity contribution in [3.8, 4) is 11.5 Å². The Balaban J connectivity index is 1.68. The highest BCUT2D eigenvalue weighted by molar-refractivity contribution is 6.10. The van der Waals surface area contributed by atoms with E-state index >= 15 is 0 Å². The number of rotatable bonds is 6. The molecule has 0 radical (unpaired) electrons. The predicted molar refractivity (Wildman–Crippen MR) is 116 cm³/mol. The van der Waals surface area contributed by atoms with Gasteiger partial charge in [0, 0.05) is 30.1 Å². The number of halogens is 3. The molecule has 162 valence electrons. The molecule has 32 heavy (non-hydrogen) atoms. The summed E-state index contributed by atoms with van der Waals surface area (Å²) >= 11 is 0. The highest BCUT2D eigenvalue weighted by Gasteiger charge is 2.33. The van der Waals surface area contributed by atoms with Crippen LogP contribution < -0.4 is 5.32 Å². The van der Waals surface area contributed by atoms with Crippen LogP contribution in [0.1, 0.15) is 18.1 Å². The lowest BCUT2D eigenvalue weighted by Gasteiger charge is -2.11. The van der Waals surface area contributed by atoms with E-state index in [1.807, 2.05) is 19.1 Å². The first-order valence-electron chi connectivity index (χ1n) is 9.30. The van der Waals surface area contributed by atoms with Gasteiger partial charge in [0.05, 0.1) is 23.0 Å². The standard InChI is InChI=1S/C21H16F3N7O/c1-3-12(10-28-25-2)13-8-14-15(11-27-18(14)26-9-13)19-30-31-20(32-19)29-17-7-5-4-6-16(17)21(22,23)24/h3-11H,2H2,1H3,(H,26,27)(H,29,31)/b12-3+,28-10-. The summed E-state index contributed by atoms with van der Waals surface area (Å²) in [5, 5.41) is 18.3. The zero-order valence-electron chi connectivity index (χ0n) is 16.7. The van der Waals surface area contributed by atoms with Crippen LogP contribution in [0.4, 0.5) is 24.9 Å². The molecule has 1 aromatic carbocycles. The number of benzene rings is 1. The fourth-order valence-corrected chi connectivity index (χ4v) is 3.09. The minimum Gasteiger partial charge on any atom is -0.403 e. The molecule has 0 amide bonds. The molecular formula is C21H16F3N7O. The van der Waals surface area contributed by atoms with E-state index in [4.69, 9.17) is 4.42 Å². The van der Waals surface area contributed by atoms with Gasteiger partial charge in [-0.3, -0.25) is 0 Å². The molecule has 4 rings (SSSR count). The quantitative estimate of drug-likeness (QED) is 0.306. The van der Waals surface area contributed by atoms with E-state index in [1.165, 1.54) is 18.2 Å². The maximum atomic E-state index is 13.2. The van der Waals surface area contributed by atoms with Crippen LogP contribution in [-0.2, 0) is 6.18 Å². The number of nitrogens with one attached hydrogen (secondary N) is 2. The first-order valence-corrected chi connectivity index (χ1v) is 9.30. The third-order valence-corrected chi connectivity index (χ3v) is 4.58. The third kappa shape index (κ3) is 4.13. The van der Waals surface area contributed by atoms with Crippen LogP contribution in [0, 0.1) is 0 Å². The topological polar surface area (TPSA) is 104 Å². The molecule has 0 bridgehead atoms. The van der Waals surface area contributed by atoms with E-state index < -0.39 is 11.7 Å². The SMILES string of the molecule is C=N/N=C\C(=C/C)c1cnc2[nH]cc(-c3nnc(Nc4ccccc4C(F)(F)F)o3)c2c1. The predicted octanol–water partition coefficient (Wildman–Crippen LogP) is 5.47. The van der Waals surface area contributed by atoms with Gasteiger partial charge >= 0.3 is 12.2 Å². The number of hydrogen-bond donors (Lipinski definition) is 2. The normalized spacial score (nSPS) is 12.6. The van der Waals surface area contributed by atoms with E-state index in [1.54, 1.807) is 18.6 Å². The molecule has 4 aromatic rings. The fraction of sp³-hybridized carbons (Fsp3) is 0.0952. The van der Waals surface area contributed by atoms with Crippen LogP contribution in [0.5, 0.6) is 0 Å². The van der Waals surface area contributed by atoms with Crippen LogP contribution in [0.25, 0.3) is 28.1 Å². The summed E-state index contributed by atoms with van der Waals surface area (Å²) in [7, 11) is 0. The van der Waals surface area contributed by atoms with Crippen molar-refractivity contribution in [1.82, 2.24) is 20.2 Å². The largest absolute Gasteiger partial charge is 0.418 e. The Morgan fingerprint density at radius 1 is 1.25 bits per heavy atom. The Bertz CT molecular complexity index is 1330. The van der Waals surface area contributed by atoms with Crippen LogP contribution in [0.15, 0.2) is 63.4 Å². The molecule has 3 heterocycles. The third-order valence-electron chi connectivity index (χ3n) is 4.58. The van der Waals surface area contributed by atoms with Crippen LogP contribution in [-0.4, -0.2) is 33.1 Å². The summed E-state index contributed by atoms with van der Waals surface area (Å²) in [6.07, 6.45) is 2.17. The molecule has 0 aliphatic heterocycles. The van der Waals surface area contributed by atoms with Gasteiger partial charge in [-0.05, 0) is 30.7 Å². The lowest BCUT2D eigenvalue weighted by Crippen LogP contribution is -2.08. The Morgan fingerprint density at radius 3 is 2.81 bits per heavy atom. The Hall–Kier alpha value is -4.28. The van der Waals surface area contributed by atoms with Crippen molar-refractivity contribution in [3.63, 3.8) is 0 Å². The number of aromatic amines is 1. The van der Waals surface area contributed by atoms with Gasteiger partial charge in [-0.1, -0.05) is 23.3 Å². The molecule has 0 aliphatic carbocycles. The molecule has 0 fully saturated rings. The number of hydrogen-bond acceptors (Lipinski definition) is 7. The van der Waals surface area contributed by atoms with E-state index in [0.29, 0.717) is 16.6 Å². The monoisotopic (exact) mass is 439 g/mol. The zero-order valence-corrected chi connectivity index (χ0v) is 16.7. The molecule has 11 heteroatoms. The summed E-state index contributed by atoms with van der Waals surface area (Å²) in [5.74, 6) is 0.116. The van der Waals surface area contributed by atoms with Gasteiger partial charge in [-0.2, -0.15) is 23.4 Å². The Morgan fingerprint density at radius 2 is 2.06 bits per heavy atom. The van der Waals surface area contributed by atoms with Gasteiger partial charge < -0.3 is 14.7 Å². The summed E-state index contributed by atoms with van der Waals surface area (Å²) in [6.45, 7) is 5.16. The first-order chi connectivity index (χ1) is 15.4. The molecule has 0 spiro atoms. The summed E-state index contributed by atoms with van der Waals surface area (Å²) in [4.78, 5) is 7.39. The number of H-pyrrole nitrogens is 1. The number of allylic oxidation sites excluding steroid dienone is 2. The fourth-order valence-electron chi connectivity index (χ4n) is 3.09. The average Bonchev–Trinajstić information content (AvgIpc) is 3.40. The molecule has 2 N–H and O–H groups in total. The second-order valence-corrected chi connectivity index (χ2v) is 6.53.